The van der Waals surface area contributed by atoms with Crippen LogP contribution in [0.15, 0.2) is 48.8 Å². The number of benzene rings is 1. The molecule has 25 heavy (non-hydrogen) atoms. The highest BCUT2D eigenvalue weighted by atomic mass is 19.1. The zero-order valence-corrected chi connectivity index (χ0v) is 13.1. The first-order chi connectivity index (χ1) is 12.0. The van der Waals surface area contributed by atoms with Gasteiger partial charge in [-0.15, -0.1) is 0 Å². The van der Waals surface area contributed by atoms with E-state index in [1.54, 1.807) is 18.5 Å². The molecule has 0 unspecified atom stereocenters. The van der Waals surface area contributed by atoms with E-state index in [0.29, 0.717) is 11.5 Å². The third kappa shape index (κ3) is 2.44. The number of nitrogens with zero attached hydrogens (tertiary/aromatic N) is 4. The van der Waals surface area contributed by atoms with Gasteiger partial charge in [0.25, 0.3) is 0 Å². The molecule has 3 heterocycles. The summed E-state index contributed by atoms with van der Waals surface area (Å²) in [5.41, 5.74) is 1.59. The Hall–Kier alpha value is -3.55. The van der Waals surface area contributed by atoms with Crippen LogP contribution in [0.25, 0.3) is 21.9 Å². The molecule has 0 fully saturated rings. The van der Waals surface area contributed by atoms with Crippen molar-refractivity contribution in [1.29, 1.82) is 0 Å². The third-order valence-electron chi connectivity index (χ3n) is 4.06. The SMILES string of the molecule is Cn1c2ccncc2c2ccc(Nc3ccc([N+](=O)[O-])c(F)c3)nc21. The number of aromatic nitrogens is 3. The van der Waals surface area contributed by atoms with Crippen molar-refractivity contribution in [3.63, 3.8) is 0 Å². The zero-order valence-electron chi connectivity index (χ0n) is 13.1. The monoisotopic (exact) mass is 337 g/mol. The van der Waals surface area contributed by atoms with E-state index in [1.165, 1.54) is 6.07 Å². The third-order valence-corrected chi connectivity index (χ3v) is 4.06. The minimum Gasteiger partial charge on any atom is -0.340 e. The molecule has 0 bridgehead atoms. The van der Waals surface area contributed by atoms with Crippen LogP contribution < -0.4 is 5.32 Å². The summed E-state index contributed by atoms with van der Waals surface area (Å²) in [7, 11) is 1.91. The number of nitro benzene ring substituents is 1. The number of nitrogens with one attached hydrogen (secondary N) is 1. The average molecular weight is 337 g/mol. The van der Waals surface area contributed by atoms with Crippen molar-refractivity contribution in [3.05, 3.63) is 64.7 Å². The lowest BCUT2D eigenvalue weighted by Gasteiger charge is -2.06. The van der Waals surface area contributed by atoms with E-state index in [1.807, 2.05) is 23.7 Å². The number of pyridine rings is 2. The molecule has 0 aliphatic rings. The number of anilines is 2. The molecule has 3 aromatic heterocycles. The van der Waals surface area contributed by atoms with Crippen LogP contribution >= 0.6 is 0 Å². The van der Waals surface area contributed by atoms with Crippen LogP contribution in [-0.4, -0.2) is 19.5 Å². The fourth-order valence-electron chi connectivity index (χ4n) is 2.87. The van der Waals surface area contributed by atoms with Crippen LogP contribution in [0.2, 0.25) is 0 Å². The van der Waals surface area contributed by atoms with Gasteiger partial charge in [-0.2, -0.15) is 4.39 Å². The largest absolute Gasteiger partial charge is 0.340 e. The van der Waals surface area contributed by atoms with Gasteiger partial charge < -0.3 is 9.88 Å². The molecule has 124 valence electrons. The summed E-state index contributed by atoms with van der Waals surface area (Å²) in [6, 6.07) is 9.24. The molecule has 0 saturated heterocycles. The molecular weight excluding hydrogens is 325 g/mol. The van der Waals surface area contributed by atoms with Gasteiger partial charge in [-0.1, -0.05) is 0 Å². The van der Waals surface area contributed by atoms with E-state index in [0.717, 1.165) is 34.1 Å². The highest BCUT2D eigenvalue weighted by Crippen LogP contribution is 2.28. The van der Waals surface area contributed by atoms with Crippen LogP contribution in [0.1, 0.15) is 0 Å². The Kier molecular flexibility index (Phi) is 3.31. The predicted octanol–water partition coefficient (Wildman–Crippen LogP) is 3.91. The topological polar surface area (TPSA) is 85.9 Å². The summed E-state index contributed by atoms with van der Waals surface area (Å²) in [5.74, 6) is -0.383. The second-order valence-electron chi connectivity index (χ2n) is 5.57. The molecule has 0 amide bonds. The van der Waals surface area contributed by atoms with E-state index in [4.69, 9.17) is 0 Å². The van der Waals surface area contributed by atoms with Gasteiger partial charge in [0.15, 0.2) is 0 Å². The lowest BCUT2D eigenvalue weighted by Crippen LogP contribution is -1.98. The van der Waals surface area contributed by atoms with Gasteiger partial charge in [-0.25, -0.2) is 4.98 Å². The van der Waals surface area contributed by atoms with Crippen LogP contribution in [0, 0.1) is 15.9 Å². The molecule has 0 radical (unpaired) electrons. The van der Waals surface area contributed by atoms with Crippen molar-refractivity contribution in [3.8, 4) is 0 Å². The molecule has 4 aromatic rings. The van der Waals surface area contributed by atoms with E-state index in [-0.39, 0.29) is 0 Å². The van der Waals surface area contributed by atoms with E-state index in [9.17, 15) is 14.5 Å². The van der Waals surface area contributed by atoms with E-state index in [2.05, 4.69) is 15.3 Å². The van der Waals surface area contributed by atoms with Crippen molar-refractivity contribution in [1.82, 2.24) is 14.5 Å². The fourth-order valence-corrected chi connectivity index (χ4v) is 2.87. The maximum Gasteiger partial charge on any atom is 0.304 e. The maximum absolute atomic E-state index is 13.7. The second kappa shape index (κ2) is 5.52. The van der Waals surface area contributed by atoms with Gasteiger partial charge in [0.05, 0.1) is 10.4 Å². The number of rotatable bonds is 3. The van der Waals surface area contributed by atoms with Crippen LogP contribution in [0.5, 0.6) is 0 Å². The molecule has 1 N–H and O–H groups in total. The molecule has 8 heteroatoms. The minimum atomic E-state index is -0.897. The molecular formula is C17H12FN5O2. The Bertz CT molecular complexity index is 1140. The molecule has 1 aromatic carbocycles. The molecule has 0 spiro atoms. The van der Waals surface area contributed by atoms with Crippen molar-refractivity contribution >= 4 is 39.1 Å². The van der Waals surface area contributed by atoms with E-state index < -0.39 is 16.4 Å². The van der Waals surface area contributed by atoms with Gasteiger partial charge in [0.2, 0.25) is 5.82 Å². The highest BCUT2D eigenvalue weighted by Gasteiger charge is 2.14. The van der Waals surface area contributed by atoms with Gasteiger partial charge in [-0.3, -0.25) is 15.1 Å². The molecule has 0 atom stereocenters. The van der Waals surface area contributed by atoms with Crippen molar-refractivity contribution in [2.24, 2.45) is 7.05 Å². The molecule has 0 aliphatic carbocycles. The Morgan fingerprint density at radius 1 is 1.20 bits per heavy atom. The van der Waals surface area contributed by atoms with Gasteiger partial charge in [0, 0.05) is 48.0 Å². The maximum atomic E-state index is 13.7. The summed E-state index contributed by atoms with van der Waals surface area (Å²) in [4.78, 5) is 18.6. The summed E-state index contributed by atoms with van der Waals surface area (Å²) >= 11 is 0. The van der Waals surface area contributed by atoms with Crippen LogP contribution in [0.3, 0.4) is 0 Å². The molecule has 0 saturated carbocycles. The van der Waals surface area contributed by atoms with Gasteiger partial charge >= 0.3 is 5.69 Å². The van der Waals surface area contributed by atoms with Crippen LogP contribution in [-0.2, 0) is 7.05 Å². The van der Waals surface area contributed by atoms with Crippen molar-refractivity contribution < 1.29 is 9.31 Å². The number of halogens is 1. The Morgan fingerprint density at radius 3 is 2.80 bits per heavy atom. The quantitative estimate of drug-likeness (QED) is 0.452. The molecule has 7 nitrogen and oxygen atoms in total. The number of fused-ring (bicyclic) bond motifs is 3. The molecule has 0 aliphatic heterocycles. The predicted molar refractivity (Wildman–Crippen MR) is 92.4 cm³/mol. The highest BCUT2D eigenvalue weighted by molar-refractivity contribution is 6.06. The number of nitro groups is 1. The first-order valence-corrected chi connectivity index (χ1v) is 7.45. The van der Waals surface area contributed by atoms with Crippen molar-refractivity contribution in [2.75, 3.05) is 5.32 Å². The summed E-state index contributed by atoms with van der Waals surface area (Å²) in [5, 5.41) is 15.6. The fraction of sp³-hybridized carbons (Fsp3) is 0.0588. The second-order valence-corrected chi connectivity index (χ2v) is 5.57. The van der Waals surface area contributed by atoms with Crippen molar-refractivity contribution in [2.45, 2.75) is 0 Å². The molecule has 4 rings (SSSR count). The average Bonchev–Trinajstić information content (AvgIpc) is 2.88. The lowest BCUT2D eigenvalue weighted by molar-refractivity contribution is -0.387. The Balaban J connectivity index is 1.75. The number of hydrogen-bond donors (Lipinski definition) is 1. The Labute approximate surface area is 140 Å². The summed E-state index contributed by atoms with van der Waals surface area (Å²) < 4.78 is 15.7. The minimum absolute atomic E-state index is 0.385. The van der Waals surface area contributed by atoms with E-state index >= 15 is 0 Å². The first kappa shape index (κ1) is 15.0. The number of aryl methyl sites for hydroxylation is 1. The summed E-state index contributed by atoms with van der Waals surface area (Å²) in [6.07, 6.45) is 3.51. The Morgan fingerprint density at radius 2 is 2.04 bits per heavy atom. The zero-order chi connectivity index (χ0) is 17.6. The van der Waals surface area contributed by atoms with Gasteiger partial charge in [-0.05, 0) is 24.3 Å². The van der Waals surface area contributed by atoms with Crippen LogP contribution in [0.4, 0.5) is 21.6 Å². The normalized spacial score (nSPS) is 11.1. The summed E-state index contributed by atoms with van der Waals surface area (Å²) in [6.45, 7) is 0. The first-order valence-electron chi connectivity index (χ1n) is 7.45. The standard InChI is InChI=1S/C17H12FN5O2/c1-22-14-6-7-19-9-12(14)11-3-5-16(21-17(11)22)20-10-2-4-15(23(24)25)13(18)8-10/h2-9H,1H3,(H,20,21). The number of hydrogen-bond acceptors (Lipinski definition) is 5. The smallest absolute Gasteiger partial charge is 0.304 e. The lowest BCUT2D eigenvalue weighted by atomic mass is 10.2. The van der Waals surface area contributed by atoms with Gasteiger partial charge in [0.1, 0.15) is 11.5 Å².